The SMILES string of the molecule is ClCCCc1nnc(-c2ccc(Cl)cc2Cl)s1. The van der Waals surface area contributed by atoms with Gasteiger partial charge in [-0.05, 0) is 24.6 Å². The van der Waals surface area contributed by atoms with Crippen molar-refractivity contribution in [3.63, 3.8) is 0 Å². The summed E-state index contributed by atoms with van der Waals surface area (Å²) in [4.78, 5) is 0. The van der Waals surface area contributed by atoms with Crippen LogP contribution in [0.4, 0.5) is 0 Å². The van der Waals surface area contributed by atoms with Crippen molar-refractivity contribution in [2.24, 2.45) is 0 Å². The third-order valence-electron chi connectivity index (χ3n) is 2.15. The van der Waals surface area contributed by atoms with Crippen LogP contribution in [0, 0.1) is 0 Å². The number of aryl methyl sites for hydroxylation is 1. The molecule has 0 radical (unpaired) electrons. The third kappa shape index (κ3) is 3.32. The molecule has 90 valence electrons. The highest BCUT2D eigenvalue weighted by atomic mass is 35.5. The first-order chi connectivity index (χ1) is 8.20. The molecular weight excluding hydrogens is 299 g/mol. The molecule has 1 heterocycles. The number of aromatic nitrogens is 2. The number of benzene rings is 1. The molecule has 0 amide bonds. The molecule has 2 rings (SSSR count). The van der Waals surface area contributed by atoms with E-state index in [1.165, 1.54) is 11.3 Å². The maximum Gasteiger partial charge on any atom is 0.149 e. The van der Waals surface area contributed by atoms with E-state index < -0.39 is 0 Å². The molecule has 17 heavy (non-hydrogen) atoms. The normalized spacial score (nSPS) is 10.8. The average Bonchev–Trinajstić information content (AvgIpc) is 2.75. The van der Waals surface area contributed by atoms with Gasteiger partial charge >= 0.3 is 0 Å². The molecule has 0 atom stereocenters. The molecule has 0 aliphatic carbocycles. The van der Waals surface area contributed by atoms with Gasteiger partial charge in [0, 0.05) is 22.9 Å². The number of hydrogen-bond acceptors (Lipinski definition) is 3. The first-order valence-corrected chi connectivity index (χ1v) is 7.15. The van der Waals surface area contributed by atoms with Crippen LogP contribution in [0.15, 0.2) is 18.2 Å². The summed E-state index contributed by atoms with van der Waals surface area (Å²) >= 11 is 19.1. The van der Waals surface area contributed by atoms with Gasteiger partial charge in [-0.15, -0.1) is 21.8 Å². The van der Waals surface area contributed by atoms with Crippen LogP contribution in [0.1, 0.15) is 11.4 Å². The molecule has 2 nitrogen and oxygen atoms in total. The van der Waals surface area contributed by atoms with Crippen LogP contribution < -0.4 is 0 Å². The minimum atomic E-state index is 0.595. The predicted octanol–water partition coefficient (Wildman–Crippen LogP) is 4.68. The molecule has 0 aliphatic heterocycles. The number of rotatable bonds is 4. The molecule has 1 aromatic carbocycles. The Balaban J connectivity index is 2.24. The molecule has 0 unspecified atom stereocenters. The van der Waals surface area contributed by atoms with Gasteiger partial charge in [0.05, 0.1) is 5.02 Å². The fraction of sp³-hybridized carbons (Fsp3) is 0.273. The van der Waals surface area contributed by atoms with Crippen LogP contribution in [0.25, 0.3) is 10.6 Å². The van der Waals surface area contributed by atoms with Crippen molar-refractivity contribution in [1.82, 2.24) is 10.2 Å². The molecule has 2 aromatic rings. The van der Waals surface area contributed by atoms with Crippen molar-refractivity contribution in [3.05, 3.63) is 33.3 Å². The zero-order valence-corrected chi connectivity index (χ0v) is 11.9. The molecule has 1 aromatic heterocycles. The van der Waals surface area contributed by atoms with Crippen LogP contribution in [-0.4, -0.2) is 16.1 Å². The van der Waals surface area contributed by atoms with Crippen molar-refractivity contribution < 1.29 is 0 Å². The molecule has 0 saturated carbocycles. The lowest BCUT2D eigenvalue weighted by atomic mass is 10.2. The second-order valence-electron chi connectivity index (χ2n) is 3.42. The zero-order valence-electron chi connectivity index (χ0n) is 8.79. The molecule has 0 bridgehead atoms. The van der Waals surface area contributed by atoms with E-state index >= 15 is 0 Å². The van der Waals surface area contributed by atoms with Crippen molar-refractivity contribution in [3.8, 4) is 10.6 Å². The summed E-state index contributed by atoms with van der Waals surface area (Å²) in [6.07, 6.45) is 1.76. The maximum atomic E-state index is 6.11. The molecule has 0 spiro atoms. The Bertz CT molecular complexity index is 513. The minimum absolute atomic E-state index is 0.595. The first kappa shape index (κ1) is 13.1. The van der Waals surface area contributed by atoms with E-state index in [1.807, 2.05) is 6.07 Å². The van der Waals surface area contributed by atoms with Gasteiger partial charge in [-0.1, -0.05) is 34.5 Å². The molecule has 0 aliphatic rings. The molecular formula is C11H9Cl3N2S. The predicted molar refractivity (Wildman–Crippen MR) is 74.4 cm³/mol. The number of hydrogen-bond donors (Lipinski definition) is 0. The van der Waals surface area contributed by atoms with Crippen LogP contribution in [0.3, 0.4) is 0 Å². The van der Waals surface area contributed by atoms with Gasteiger partial charge in [0.1, 0.15) is 10.0 Å². The van der Waals surface area contributed by atoms with Crippen LogP contribution in [-0.2, 0) is 6.42 Å². The van der Waals surface area contributed by atoms with E-state index in [0.29, 0.717) is 15.9 Å². The summed E-state index contributed by atoms with van der Waals surface area (Å²) in [6, 6.07) is 5.36. The summed E-state index contributed by atoms with van der Waals surface area (Å²) in [5, 5.41) is 11.2. The second kappa shape index (κ2) is 6.01. The maximum absolute atomic E-state index is 6.11. The van der Waals surface area contributed by atoms with Crippen molar-refractivity contribution in [2.75, 3.05) is 5.88 Å². The minimum Gasteiger partial charge on any atom is -0.143 e. The fourth-order valence-corrected chi connectivity index (χ4v) is 2.95. The van der Waals surface area contributed by atoms with Crippen molar-refractivity contribution in [2.45, 2.75) is 12.8 Å². The number of nitrogens with zero attached hydrogens (tertiary/aromatic N) is 2. The van der Waals surface area contributed by atoms with E-state index in [0.717, 1.165) is 28.4 Å². The van der Waals surface area contributed by atoms with Gasteiger partial charge < -0.3 is 0 Å². The Morgan fingerprint density at radius 3 is 2.71 bits per heavy atom. The van der Waals surface area contributed by atoms with Gasteiger partial charge in [0.15, 0.2) is 0 Å². The van der Waals surface area contributed by atoms with E-state index in [2.05, 4.69) is 10.2 Å². The summed E-state index contributed by atoms with van der Waals surface area (Å²) in [5.74, 6) is 0.636. The lowest BCUT2D eigenvalue weighted by Gasteiger charge is -1.99. The molecule has 0 N–H and O–H groups in total. The summed E-state index contributed by atoms with van der Waals surface area (Å²) in [6.45, 7) is 0. The summed E-state index contributed by atoms with van der Waals surface area (Å²) in [5.41, 5.74) is 0.866. The Hall–Kier alpha value is -0.350. The highest BCUT2D eigenvalue weighted by molar-refractivity contribution is 7.14. The van der Waals surface area contributed by atoms with Gasteiger partial charge in [0.25, 0.3) is 0 Å². The number of alkyl halides is 1. The Labute approximate surface area is 119 Å². The fourth-order valence-electron chi connectivity index (χ4n) is 1.34. The van der Waals surface area contributed by atoms with E-state index in [-0.39, 0.29) is 0 Å². The highest BCUT2D eigenvalue weighted by Gasteiger charge is 2.10. The second-order valence-corrected chi connectivity index (χ2v) is 5.70. The zero-order chi connectivity index (χ0) is 12.3. The topological polar surface area (TPSA) is 25.8 Å². The Morgan fingerprint density at radius 1 is 1.18 bits per heavy atom. The monoisotopic (exact) mass is 306 g/mol. The van der Waals surface area contributed by atoms with Gasteiger partial charge in [-0.3, -0.25) is 0 Å². The molecule has 0 saturated heterocycles. The summed E-state index contributed by atoms with van der Waals surface area (Å²) in [7, 11) is 0. The molecule has 0 fully saturated rings. The first-order valence-electron chi connectivity index (χ1n) is 5.04. The van der Waals surface area contributed by atoms with Gasteiger partial charge in [-0.25, -0.2) is 0 Å². The van der Waals surface area contributed by atoms with Crippen LogP contribution >= 0.6 is 46.1 Å². The van der Waals surface area contributed by atoms with E-state index in [4.69, 9.17) is 34.8 Å². The van der Waals surface area contributed by atoms with Crippen molar-refractivity contribution >= 4 is 46.1 Å². The van der Waals surface area contributed by atoms with Crippen molar-refractivity contribution in [1.29, 1.82) is 0 Å². The highest BCUT2D eigenvalue weighted by Crippen LogP contribution is 2.32. The lowest BCUT2D eigenvalue weighted by molar-refractivity contribution is 0.884. The van der Waals surface area contributed by atoms with E-state index in [9.17, 15) is 0 Å². The standard InChI is InChI=1S/C11H9Cl3N2S/c12-5-1-2-10-15-16-11(17-10)8-4-3-7(13)6-9(8)14/h3-4,6H,1-2,5H2. The van der Waals surface area contributed by atoms with Gasteiger partial charge in [0.2, 0.25) is 0 Å². The quantitative estimate of drug-likeness (QED) is 0.766. The van der Waals surface area contributed by atoms with Crippen LogP contribution in [0.5, 0.6) is 0 Å². The Morgan fingerprint density at radius 2 is 2.00 bits per heavy atom. The Kier molecular flexibility index (Phi) is 4.62. The molecule has 6 heteroatoms. The van der Waals surface area contributed by atoms with Crippen LogP contribution in [0.2, 0.25) is 10.0 Å². The lowest BCUT2D eigenvalue weighted by Crippen LogP contribution is -1.84. The largest absolute Gasteiger partial charge is 0.149 e. The number of halogens is 3. The summed E-state index contributed by atoms with van der Waals surface area (Å²) < 4.78 is 0. The smallest absolute Gasteiger partial charge is 0.143 e. The average molecular weight is 308 g/mol. The van der Waals surface area contributed by atoms with E-state index in [1.54, 1.807) is 12.1 Å². The third-order valence-corrected chi connectivity index (χ3v) is 3.98. The van der Waals surface area contributed by atoms with Gasteiger partial charge in [-0.2, -0.15) is 0 Å².